The van der Waals surface area contributed by atoms with E-state index in [1.165, 1.54) is 0 Å². The number of nitrogens with zero attached hydrogens (tertiary/aromatic N) is 2. The molecule has 2 aromatic rings. The first-order valence-electron chi connectivity index (χ1n) is 6.39. The Kier molecular flexibility index (Phi) is 4.28. The quantitative estimate of drug-likeness (QED) is 0.833. The summed E-state index contributed by atoms with van der Waals surface area (Å²) in [7, 11) is 0. The largest absolute Gasteiger partial charge is 0.481 e. The number of carbonyl (C=O) groups is 1. The van der Waals surface area contributed by atoms with Crippen LogP contribution in [0, 0.1) is 5.92 Å². The van der Waals surface area contributed by atoms with Crippen LogP contribution in [0.25, 0.3) is 10.9 Å². The van der Waals surface area contributed by atoms with E-state index in [4.69, 9.17) is 5.11 Å². The van der Waals surface area contributed by atoms with Crippen LogP contribution in [0.15, 0.2) is 30.5 Å². The first-order chi connectivity index (χ1) is 9.20. The fourth-order valence-electron chi connectivity index (χ4n) is 1.93. The van der Waals surface area contributed by atoms with Gasteiger partial charge < -0.3 is 10.4 Å². The third-order valence-electron chi connectivity index (χ3n) is 2.98. The molecule has 0 bridgehead atoms. The molecule has 0 aliphatic carbocycles. The Morgan fingerprint density at radius 2 is 2.21 bits per heavy atom. The highest BCUT2D eigenvalue weighted by atomic mass is 16.4. The van der Waals surface area contributed by atoms with E-state index in [1.54, 1.807) is 6.20 Å². The van der Waals surface area contributed by atoms with E-state index >= 15 is 0 Å². The molecule has 1 atom stereocenters. The van der Waals surface area contributed by atoms with Gasteiger partial charge in [-0.3, -0.25) is 4.79 Å². The van der Waals surface area contributed by atoms with E-state index in [9.17, 15) is 4.79 Å². The first-order valence-corrected chi connectivity index (χ1v) is 6.39. The maximum atomic E-state index is 11.0. The molecule has 5 nitrogen and oxygen atoms in total. The van der Waals surface area contributed by atoms with Crippen LogP contribution in [-0.2, 0) is 4.79 Å². The molecule has 1 aromatic carbocycles. The Morgan fingerprint density at radius 1 is 1.42 bits per heavy atom. The SMILES string of the molecule is CCCC(CNc1ncc2ccccc2n1)C(=O)O. The molecule has 5 heteroatoms. The number of rotatable bonds is 6. The molecule has 100 valence electrons. The number of aromatic nitrogens is 2. The number of carboxylic acid groups (broad SMARTS) is 1. The van der Waals surface area contributed by atoms with Gasteiger partial charge in [-0.2, -0.15) is 0 Å². The molecule has 2 N–H and O–H groups in total. The molecule has 0 radical (unpaired) electrons. The van der Waals surface area contributed by atoms with Crippen molar-refractivity contribution in [3.8, 4) is 0 Å². The molecular formula is C14H17N3O2. The van der Waals surface area contributed by atoms with Crippen molar-refractivity contribution in [2.75, 3.05) is 11.9 Å². The average Bonchev–Trinajstić information content (AvgIpc) is 2.43. The minimum absolute atomic E-state index is 0.349. The second kappa shape index (κ2) is 6.13. The third kappa shape index (κ3) is 3.40. The number of anilines is 1. The third-order valence-corrected chi connectivity index (χ3v) is 2.98. The predicted molar refractivity (Wildman–Crippen MR) is 74.1 cm³/mol. The van der Waals surface area contributed by atoms with Crippen molar-refractivity contribution in [3.63, 3.8) is 0 Å². The summed E-state index contributed by atoms with van der Waals surface area (Å²) in [5.74, 6) is -0.712. The summed E-state index contributed by atoms with van der Waals surface area (Å²) in [6.07, 6.45) is 3.23. The van der Waals surface area contributed by atoms with Crippen molar-refractivity contribution in [1.82, 2.24) is 9.97 Å². The van der Waals surface area contributed by atoms with Crippen molar-refractivity contribution >= 4 is 22.8 Å². The van der Waals surface area contributed by atoms with Crippen LogP contribution >= 0.6 is 0 Å². The lowest BCUT2D eigenvalue weighted by molar-refractivity contribution is -0.141. The second-order valence-electron chi connectivity index (χ2n) is 4.46. The predicted octanol–water partition coefficient (Wildman–Crippen LogP) is 2.54. The summed E-state index contributed by atoms with van der Waals surface area (Å²) in [5, 5.41) is 13.0. The van der Waals surface area contributed by atoms with Gasteiger partial charge in [0.1, 0.15) is 0 Å². The van der Waals surface area contributed by atoms with Gasteiger partial charge >= 0.3 is 5.97 Å². The fraction of sp³-hybridized carbons (Fsp3) is 0.357. The van der Waals surface area contributed by atoms with Crippen LogP contribution in [0.2, 0.25) is 0 Å². The van der Waals surface area contributed by atoms with Crippen molar-refractivity contribution in [2.45, 2.75) is 19.8 Å². The molecular weight excluding hydrogens is 242 g/mol. The Balaban J connectivity index is 2.06. The standard InChI is InChI=1S/C14H17N3O2/c1-2-5-11(13(18)19)9-16-14-15-8-10-6-3-4-7-12(10)17-14/h3-4,6-8,11H,2,5,9H2,1H3,(H,18,19)(H,15,16,17). The first kappa shape index (κ1) is 13.3. The number of fused-ring (bicyclic) bond motifs is 1. The number of hydrogen-bond donors (Lipinski definition) is 2. The topological polar surface area (TPSA) is 75.1 Å². The molecule has 2 rings (SSSR count). The normalized spacial score (nSPS) is 12.3. The van der Waals surface area contributed by atoms with Crippen molar-refractivity contribution < 1.29 is 9.90 Å². The Hall–Kier alpha value is -2.17. The minimum atomic E-state index is -0.782. The summed E-state index contributed by atoms with van der Waals surface area (Å²) < 4.78 is 0. The van der Waals surface area contributed by atoms with Crippen molar-refractivity contribution in [1.29, 1.82) is 0 Å². The van der Waals surface area contributed by atoms with Crippen LogP contribution in [-0.4, -0.2) is 27.6 Å². The van der Waals surface area contributed by atoms with Crippen LogP contribution in [0.4, 0.5) is 5.95 Å². The molecule has 0 fully saturated rings. The molecule has 1 aromatic heterocycles. The van der Waals surface area contributed by atoms with Crippen molar-refractivity contribution in [2.24, 2.45) is 5.92 Å². The fourth-order valence-corrected chi connectivity index (χ4v) is 1.93. The number of para-hydroxylation sites is 1. The van der Waals surface area contributed by atoms with Crippen LogP contribution in [0.5, 0.6) is 0 Å². The van der Waals surface area contributed by atoms with Gasteiger partial charge in [0, 0.05) is 18.1 Å². The Bertz CT molecular complexity index is 571. The number of carboxylic acids is 1. The minimum Gasteiger partial charge on any atom is -0.481 e. The summed E-state index contributed by atoms with van der Waals surface area (Å²) >= 11 is 0. The van der Waals surface area contributed by atoms with Crippen LogP contribution in [0.1, 0.15) is 19.8 Å². The number of benzene rings is 1. The highest BCUT2D eigenvalue weighted by molar-refractivity contribution is 5.78. The maximum absolute atomic E-state index is 11.0. The molecule has 1 heterocycles. The maximum Gasteiger partial charge on any atom is 0.308 e. The lowest BCUT2D eigenvalue weighted by Gasteiger charge is -2.12. The van der Waals surface area contributed by atoms with Gasteiger partial charge in [-0.1, -0.05) is 31.5 Å². The average molecular weight is 259 g/mol. The van der Waals surface area contributed by atoms with E-state index in [2.05, 4.69) is 15.3 Å². The molecule has 0 spiro atoms. The van der Waals surface area contributed by atoms with Gasteiger partial charge in [0.05, 0.1) is 11.4 Å². The van der Waals surface area contributed by atoms with Gasteiger partial charge in [0.15, 0.2) is 0 Å². The molecule has 0 aliphatic heterocycles. The molecule has 19 heavy (non-hydrogen) atoms. The zero-order chi connectivity index (χ0) is 13.7. The summed E-state index contributed by atoms with van der Waals surface area (Å²) in [4.78, 5) is 19.6. The van der Waals surface area contributed by atoms with Crippen LogP contribution < -0.4 is 5.32 Å². The summed E-state index contributed by atoms with van der Waals surface area (Å²) in [6, 6.07) is 7.69. The second-order valence-corrected chi connectivity index (χ2v) is 4.46. The van der Waals surface area contributed by atoms with Gasteiger partial charge in [0.2, 0.25) is 5.95 Å². The van der Waals surface area contributed by atoms with Gasteiger partial charge in [-0.25, -0.2) is 9.97 Å². The summed E-state index contributed by atoms with van der Waals surface area (Å²) in [6.45, 7) is 2.32. The molecule has 0 amide bonds. The Morgan fingerprint density at radius 3 is 2.95 bits per heavy atom. The van der Waals surface area contributed by atoms with E-state index in [0.717, 1.165) is 17.3 Å². The zero-order valence-electron chi connectivity index (χ0n) is 10.8. The highest BCUT2D eigenvalue weighted by Crippen LogP contribution is 2.13. The zero-order valence-corrected chi connectivity index (χ0v) is 10.8. The smallest absolute Gasteiger partial charge is 0.308 e. The number of aliphatic carboxylic acids is 1. The highest BCUT2D eigenvalue weighted by Gasteiger charge is 2.16. The lowest BCUT2D eigenvalue weighted by Crippen LogP contribution is -2.23. The molecule has 0 aliphatic rings. The molecule has 0 saturated heterocycles. The van der Waals surface area contributed by atoms with Gasteiger partial charge in [0.25, 0.3) is 0 Å². The van der Waals surface area contributed by atoms with E-state index in [-0.39, 0.29) is 0 Å². The molecule has 1 unspecified atom stereocenters. The number of hydrogen-bond acceptors (Lipinski definition) is 4. The van der Waals surface area contributed by atoms with E-state index in [0.29, 0.717) is 18.9 Å². The van der Waals surface area contributed by atoms with Crippen LogP contribution in [0.3, 0.4) is 0 Å². The monoisotopic (exact) mass is 259 g/mol. The van der Waals surface area contributed by atoms with Gasteiger partial charge in [-0.05, 0) is 12.5 Å². The van der Waals surface area contributed by atoms with Crippen molar-refractivity contribution in [3.05, 3.63) is 30.5 Å². The lowest BCUT2D eigenvalue weighted by atomic mass is 10.0. The molecule has 0 saturated carbocycles. The van der Waals surface area contributed by atoms with E-state index < -0.39 is 11.9 Å². The number of nitrogens with one attached hydrogen (secondary N) is 1. The van der Waals surface area contributed by atoms with Gasteiger partial charge in [-0.15, -0.1) is 0 Å². The summed E-state index contributed by atoms with van der Waals surface area (Å²) in [5.41, 5.74) is 0.849. The van der Waals surface area contributed by atoms with E-state index in [1.807, 2.05) is 31.2 Å². The Labute approximate surface area is 111 Å².